The minimum atomic E-state index is -0.183. The molecule has 1 aliphatic heterocycles. The van der Waals surface area contributed by atoms with E-state index in [1.54, 1.807) is 6.07 Å². The van der Waals surface area contributed by atoms with Crippen molar-refractivity contribution >= 4 is 5.91 Å². The molecule has 0 radical (unpaired) electrons. The largest absolute Gasteiger partial charge is 0.361 e. The molecule has 6 nitrogen and oxygen atoms in total. The van der Waals surface area contributed by atoms with Crippen molar-refractivity contribution in [3.63, 3.8) is 0 Å². The molecule has 24 heavy (non-hydrogen) atoms. The number of aromatic amines is 1. The molecule has 1 atom stereocenters. The van der Waals surface area contributed by atoms with Gasteiger partial charge in [-0.05, 0) is 38.2 Å². The van der Waals surface area contributed by atoms with Crippen molar-refractivity contribution < 1.29 is 9.32 Å². The number of aromatic nitrogens is 2. The molecule has 1 aliphatic rings. The number of carbonyl (C=O) groups is 1. The molecule has 1 saturated heterocycles. The van der Waals surface area contributed by atoms with Crippen molar-refractivity contribution in [2.24, 2.45) is 0 Å². The van der Waals surface area contributed by atoms with Gasteiger partial charge in [0, 0.05) is 24.4 Å². The molecule has 0 spiro atoms. The highest BCUT2D eigenvalue weighted by Gasteiger charge is 2.32. The van der Waals surface area contributed by atoms with Crippen LogP contribution < -0.4 is 5.56 Å². The molecule has 1 N–H and O–H groups in total. The Kier molecular flexibility index (Phi) is 4.55. The molecule has 128 valence electrons. The van der Waals surface area contributed by atoms with Crippen LogP contribution >= 0.6 is 0 Å². The Morgan fingerprint density at radius 2 is 2.17 bits per heavy atom. The van der Waals surface area contributed by atoms with E-state index in [9.17, 15) is 9.59 Å². The lowest BCUT2D eigenvalue weighted by Gasteiger charge is -2.35. The predicted octanol–water partition coefficient (Wildman–Crippen LogP) is 3.16. The highest BCUT2D eigenvalue weighted by molar-refractivity contribution is 5.95. The zero-order chi connectivity index (χ0) is 17.3. The van der Waals surface area contributed by atoms with E-state index in [0.717, 1.165) is 30.7 Å². The van der Waals surface area contributed by atoms with Crippen LogP contribution in [0.2, 0.25) is 0 Å². The third kappa shape index (κ3) is 3.13. The van der Waals surface area contributed by atoms with Crippen LogP contribution in [-0.4, -0.2) is 27.5 Å². The summed E-state index contributed by atoms with van der Waals surface area (Å²) in [6.07, 6.45) is 2.90. The maximum absolute atomic E-state index is 13.2. The molecule has 6 heteroatoms. The SMILES string of the molecule is Cc1cc(C2CCCCN2C(=O)c2ccc(=O)[nH]c2C(C)C)no1. The summed E-state index contributed by atoms with van der Waals surface area (Å²) in [7, 11) is 0. The van der Waals surface area contributed by atoms with Crippen molar-refractivity contribution in [3.8, 4) is 0 Å². The molecule has 3 rings (SSSR count). The van der Waals surface area contributed by atoms with E-state index < -0.39 is 0 Å². The van der Waals surface area contributed by atoms with Crippen molar-refractivity contribution in [1.29, 1.82) is 0 Å². The molecule has 0 aliphatic carbocycles. The van der Waals surface area contributed by atoms with Gasteiger partial charge in [0.25, 0.3) is 5.91 Å². The highest BCUT2D eigenvalue weighted by atomic mass is 16.5. The summed E-state index contributed by atoms with van der Waals surface area (Å²) in [4.78, 5) is 29.5. The lowest BCUT2D eigenvalue weighted by molar-refractivity contribution is 0.0599. The molecule has 2 aromatic heterocycles. The second-order valence-corrected chi connectivity index (χ2v) is 6.68. The smallest absolute Gasteiger partial charge is 0.256 e. The first-order valence-electron chi connectivity index (χ1n) is 8.44. The summed E-state index contributed by atoms with van der Waals surface area (Å²) in [5.74, 6) is 0.755. The molecular weight excluding hydrogens is 306 g/mol. The molecule has 1 fully saturated rings. The fourth-order valence-electron chi connectivity index (χ4n) is 3.31. The van der Waals surface area contributed by atoms with Crippen LogP contribution in [-0.2, 0) is 0 Å². The van der Waals surface area contributed by atoms with Gasteiger partial charge in [0.2, 0.25) is 5.56 Å². The maximum Gasteiger partial charge on any atom is 0.256 e. The number of hydrogen-bond donors (Lipinski definition) is 1. The van der Waals surface area contributed by atoms with E-state index in [1.165, 1.54) is 6.07 Å². The standard InChI is InChI=1S/C18H23N3O3/c1-11(2)17-13(7-8-16(22)19-17)18(23)21-9-5-4-6-15(21)14-10-12(3)24-20-14/h7-8,10-11,15H,4-6,9H2,1-3H3,(H,19,22). The van der Waals surface area contributed by atoms with Crippen LogP contribution in [0.15, 0.2) is 27.5 Å². The van der Waals surface area contributed by atoms with E-state index in [-0.39, 0.29) is 23.4 Å². The van der Waals surface area contributed by atoms with Crippen LogP contribution in [0, 0.1) is 6.92 Å². The van der Waals surface area contributed by atoms with Gasteiger partial charge in [0.1, 0.15) is 11.5 Å². The number of carbonyl (C=O) groups excluding carboxylic acids is 1. The van der Waals surface area contributed by atoms with Gasteiger partial charge in [0.15, 0.2) is 0 Å². The zero-order valence-corrected chi connectivity index (χ0v) is 14.3. The molecule has 1 amide bonds. The van der Waals surface area contributed by atoms with Crippen molar-refractivity contribution in [2.75, 3.05) is 6.54 Å². The number of H-pyrrole nitrogens is 1. The van der Waals surface area contributed by atoms with Gasteiger partial charge in [-0.1, -0.05) is 19.0 Å². The minimum absolute atomic E-state index is 0.0553. The van der Waals surface area contributed by atoms with Crippen molar-refractivity contribution in [3.05, 3.63) is 51.3 Å². The Balaban J connectivity index is 1.97. The summed E-state index contributed by atoms with van der Waals surface area (Å²) in [5, 5.41) is 4.11. The number of nitrogens with one attached hydrogen (secondary N) is 1. The molecule has 0 saturated carbocycles. The normalized spacial score (nSPS) is 18.2. The third-order valence-electron chi connectivity index (χ3n) is 4.51. The van der Waals surface area contributed by atoms with Crippen LogP contribution in [0.5, 0.6) is 0 Å². The molecule has 1 unspecified atom stereocenters. The van der Waals surface area contributed by atoms with Crippen molar-refractivity contribution in [1.82, 2.24) is 15.0 Å². The molecule has 0 bridgehead atoms. The first kappa shape index (κ1) is 16.5. The third-order valence-corrected chi connectivity index (χ3v) is 4.51. The zero-order valence-electron chi connectivity index (χ0n) is 14.3. The Labute approximate surface area is 140 Å². The lowest BCUT2D eigenvalue weighted by atomic mass is 9.96. The predicted molar refractivity (Wildman–Crippen MR) is 90.0 cm³/mol. The number of aryl methyl sites for hydroxylation is 1. The number of rotatable bonds is 3. The average molecular weight is 329 g/mol. The summed E-state index contributed by atoms with van der Waals surface area (Å²) >= 11 is 0. The van der Waals surface area contributed by atoms with Gasteiger partial charge in [-0.3, -0.25) is 9.59 Å². The second-order valence-electron chi connectivity index (χ2n) is 6.68. The molecule has 0 aromatic carbocycles. The Bertz CT molecular complexity index is 791. The molecule has 3 heterocycles. The molecule has 2 aromatic rings. The first-order valence-corrected chi connectivity index (χ1v) is 8.44. The maximum atomic E-state index is 13.2. The van der Waals surface area contributed by atoms with E-state index in [1.807, 2.05) is 31.7 Å². The monoisotopic (exact) mass is 329 g/mol. The van der Waals surface area contributed by atoms with Crippen LogP contribution in [0.1, 0.15) is 72.6 Å². The fourth-order valence-corrected chi connectivity index (χ4v) is 3.31. The molecular formula is C18H23N3O3. The van der Waals surface area contributed by atoms with Gasteiger partial charge < -0.3 is 14.4 Å². The van der Waals surface area contributed by atoms with E-state index >= 15 is 0 Å². The van der Waals surface area contributed by atoms with Gasteiger partial charge in [-0.2, -0.15) is 0 Å². The average Bonchev–Trinajstić information content (AvgIpc) is 3.00. The number of piperidine rings is 1. The van der Waals surface area contributed by atoms with Crippen LogP contribution in [0.4, 0.5) is 0 Å². The van der Waals surface area contributed by atoms with Crippen LogP contribution in [0.3, 0.4) is 0 Å². The first-order chi connectivity index (χ1) is 11.5. The number of hydrogen-bond acceptors (Lipinski definition) is 4. The summed E-state index contributed by atoms with van der Waals surface area (Å²) in [6.45, 7) is 6.48. The van der Waals surface area contributed by atoms with Crippen molar-refractivity contribution in [2.45, 2.75) is 52.0 Å². The summed E-state index contributed by atoms with van der Waals surface area (Å²) in [6, 6.07) is 4.87. The Morgan fingerprint density at radius 1 is 1.38 bits per heavy atom. The number of pyridine rings is 1. The van der Waals surface area contributed by atoms with Gasteiger partial charge >= 0.3 is 0 Å². The number of likely N-dealkylation sites (tertiary alicyclic amines) is 1. The Morgan fingerprint density at radius 3 is 2.83 bits per heavy atom. The fraction of sp³-hybridized carbons (Fsp3) is 0.500. The number of nitrogens with zero attached hydrogens (tertiary/aromatic N) is 2. The van der Waals surface area contributed by atoms with Gasteiger partial charge in [-0.15, -0.1) is 0 Å². The topological polar surface area (TPSA) is 79.2 Å². The minimum Gasteiger partial charge on any atom is -0.361 e. The summed E-state index contributed by atoms with van der Waals surface area (Å²) in [5.41, 5.74) is 1.87. The van der Waals surface area contributed by atoms with Crippen LogP contribution in [0.25, 0.3) is 0 Å². The van der Waals surface area contributed by atoms with Gasteiger partial charge in [-0.25, -0.2) is 0 Å². The highest BCUT2D eigenvalue weighted by Crippen LogP contribution is 2.32. The summed E-state index contributed by atoms with van der Waals surface area (Å²) < 4.78 is 5.19. The second kappa shape index (κ2) is 6.63. The van der Waals surface area contributed by atoms with E-state index in [4.69, 9.17) is 4.52 Å². The Hall–Kier alpha value is -2.37. The number of amides is 1. The van der Waals surface area contributed by atoms with Gasteiger partial charge in [0.05, 0.1) is 11.6 Å². The van der Waals surface area contributed by atoms with E-state index in [0.29, 0.717) is 17.8 Å². The quantitative estimate of drug-likeness (QED) is 0.938. The lowest BCUT2D eigenvalue weighted by Crippen LogP contribution is -2.39. The van der Waals surface area contributed by atoms with E-state index in [2.05, 4.69) is 10.1 Å².